The minimum absolute atomic E-state index is 0.129. The van der Waals surface area contributed by atoms with Crippen LogP contribution in [0.1, 0.15) is 22.8 Å². The Morgan fingerprint density at radius 3 is 2.58 bits per heavy atom. The van der Waals surface area contributed by atoms with Crippen molar-refractivity contribution in [2.45, 2.75) is 13.5 Å². The van der Waals surface area contributed by atoms with Gasteiger partial charge in [-0.05, 0) is 42.0 Å². The lowest BCUT2D eigenvalue weighted by Gasteiger charge is -2.13. The van der Waals surface area contributed by atoms with E-state index < -0.39 is 5.91 Å². The van der Waals surface area contributed by atoms with Gasteiger partial charge in [-0.1, -0.05) is 12.1 Å². The van der Waals surface area contributed by atoms with Crippen molar-refractivity contribution in [2.24, 2.45) is 5.73 Å². The van der Waals surface area contributed by atoms with Crippen LogP contribution in [0.25, 0.3) is 10.9 Å². The largest absolute Gasteiger partial charge is 0.380 e. The molecule has 0 aliphatic carbocycles. The van der Waals surface area contributed by atoms with E-state index in [1.54, 1.807) is 18.2 Å². The van der Waals surface area contributed by atoms with Crippen molar-refractivity contribution in [3.63, 3.8) is 0 Å². The lowest BCUT2D eigenvalue weighted by molar-refractivity contribution is -0.114. The van der Waals surface area contributed by atoms with E-state index in [0.717, 1.165) is 22.2 Å². The molecule has 0 fully saturated rings. The highest BCUT2D eigenvalue weighted by molar-refractivity contribution is 5.98. The van der Waals surface area contributed by atoms with Crippen LogP contribution in [0.3, 0.4) is 0 Å². The first-order chi connectivity index (χ1) is 15.0. The van der Waals surface area contributed by atoms with Gasteiger partial charge < -0.3 is 26.7 Å². The maximum absolute atomic E-state index is 11.9. The molecule has 2 aromatic heterocycles. The molecule has 8 nitrogen and oxygen atoms in total. The number of carbonyl (C=O) groups is 2. The molecule has 6 N–H and O–H groups in total. The molecule has 2 heterocycles. The number of carbonyl (C=O) groups excluding carboxylic acids is 2. The number of anilines is 4. The van der Waals surface area contributed by atoms with Gasteiger partial charge >= 0.3 is 0 Å². The fraction of sp³-hybridized carbons (Fsp3) is 0.0870. The lowest BCUT2D eigenvalue weighted by atomic mass is 10.1. The van der Waals surface area contributed by atoms with Crippen molar-refractivity contribution in [3.8, 4) is 0 Å². The molecule has 2 aromatic carbocycles. The predicted octanol–water partition coefficient (Wildman–Crippen LogP) is 3.98. The predicted molar refractivity (Wildman–Crippen MR) is 122 cm³/mol. The maximum Gasteiger partial charge on any atom is 0.252 e. The van der Waals surface area contributed by atoms with E-state index in [1.165, 1.54) is 13.1 Å². The van der Waals surface area contributed by atoms with Crippen LogP contribution in [0.5, 0.6) is 0 Å². The highest BCUT2D eigenvalue weighted by Crippen LogP contribution is 2.24. The Morgan fingerprint density at radius 1 is 1.06 bits per heavy atom. The van der Waals surface area contributed by atoms with Crippen LogP contribution in [0.15, 0.2) is 67.0 Å². The molecule has 0 aliphatic rings. The molecule has 0 aliphatic heterocycles. The first-order valence-corrected chi connectivity index (χ1v) is 9.73. The zero-order chi connectivity index (χ0) is 21.8. The molecular formula is C23H22N6O2. The molecular weight excluding hydrogens is 392 g/mol. The smallest absolute Gasteiger partial charge is 0.252 e. The molecule has 0 saturated carbocycles. The molecule has 2 amide bonds. The number of amides is 2. The Bertz CT molecular complexity index is 1250. The molecule has 156 valence electrons. The number of benzene rings is 2. The van der Waals surface area contributed by atoms with Gasteiger partial charge in [0.2, 0.25) is 5.91 Å². The summed E-state index contributed by atoms with van der Waals surface area (Å²) in [6.07, 6.45) is 3.35. The number of hydrogen-bond acceptors (Lipinski definition) is 5. The Balaban J connectivity index is 1.54. The highest BCUT2D eigenvalue weighted by atomic mass is 16.1. The summed E-state index contributed by atoms with van der Waals surface area (Å²) in [5.41, 5.74) is 10.1. The number of H-pyrrole nitrogens is 1. The average Bonchev–Trinajstić information content (AvgIpc) is 3.23. The zero-order valence-electron chi connectivity index (χ0n) is 16.9. The SMILES string of the molecule is CC(=O)Nc1ccc(Nc2cc(NCc3cccc4[nH]ccc34)c(C(N)=O)cn2)cc1. The summed E-state index contributed by atoms with van der Waals surface area (Å²) >= 11 is 0. The third-order valence-electron chi connectivity index (χ3n) is 4.80. The Kier molecular flexibility index (Phi) is 5.53. The Hall–Kier alpha value is -4.33. The minimum atomic E-state index is -0.555. The number of hydrogen-bond donors (Lipinski definition) is 5. The van der Waals surface area contributed by atoms with Crippen LogP contribution >= 0.6 is 0 Å². The topological polar surface area (TPSA) is 125 Å². The number of primary amides is 1. The van der Waals surface area contributed by atoms with Crippen LogP contribution in [0.4, 0.5) is 22.9 Å². The van der Waals surface area contributed by atoms with Gasteiger partial charge in [0.15, 0.2) is 0 Å². The second-order valence-electron chi connectivity index (χ2n) is 7.07. The van der Waals surface area contributed by atoms with Crippen LogP contribution < -0.4 is 21.7 Å². The second-order valence-corrected chi connectivity index (χ2v) is 7.07. The fourth-order valence-electron chi connectivity index (χ4n) is 3.35. The molecule has 31 heavy (non-hydrogen) atoms. The van der Waals surface area contributed by atoms with Gasteiger partial charge in [-0.3, -0.25) is 9.59 Å². The van der Waals surface area contributed by atoms with Gasteiger partial charge in [-0.25, -0.2) is 4.98 Å². The van der Waals surface area contributed by atoms with E-state index >= 15 is 0 Å². The average molecular weight is 414 g/mol. The van der Waals surface area contributed by atoms with E-state index in [-0.39, 0.29) is 5.91 Å². The van der Waals surface area contributed by atoms with Crippen molar-refractivity contribution in [1.82, 2.24) is 9.97 Å². The number of nitrogens with two attached hydrogens (primary N) is 1. The van der Waals surface area contributed by atoms with Crippen LogP contribution in [-0.2, 0) is 11.3 Å². The van der Waals surface area contributed by atoms with Gasteiger partial charge in [0.1, 0.15) is 5.82 Å². The number of aromatic amines is 1. The Morgan fingerprint density at radius 2 is 1.84 bits per heavy atom. The number of pyridine rings is 1. The molecule has 0 spiro atoms. The van der Waals surface area contributed by atoms with E-state index in [2.05, 4.69) is 25.9 Å². The van der Waals surface area contributed by atoms with Gasteiger partial charge in [0.25, 0.3) is 5.91 Å². The van der Waals surface area contributed by atoms with Crippen molar-refractivity contribution >= 4 is 45.6 Å². The molecule has 0 radical (unpaired) electrons. The number of aromatic nitrogens is 2. The third kappa shape index (κ3) is 4.64. The summed E-state index contributed by atoms with van der Waals surface area (Å²) in [6, 6.07) is 17.0. The minimum Gasteiger partial charge on any atom is -0.380 e. The summed E-state index contributed by atoms with van der Waals surface area (Å²) in [5, 5.41) is 10.3. The number of rotatable bonds is 7. The second kappa shape index (κ2) is 8.58. The van der Waals surface area contributed by atoms with Crippen LogP contribution in [-0.4, -0.2) is 21.8 Å². The number of fused-ring (bicyclic) bond motifs is 1. The quantitative estimate of drug-likeness (QED) is 0.313. The lowest BCUT2D eigenvalue weighted by Crippen LogP contribution is -2.15. The van der Waals surface area contributed by atoms with Crippen molar-refractivity contribution < 1.29 is 9.59 Å². The first-order valence-electron chi connectivity index (χ1n) is 9.73. The van der Waals surface area contributed by atoms with Crippen LogP contribution in [0.2, 0.25) is 0 Å². The highest BCUT2D eigenvalue weighted by Gasteiger charge is 2.11. The summed E-state index contributed by atoms with van der Waals surface area (Å²) in [7, 11) is 0. The molecule has 8 heteroatoms. The van der Waals surface area contributed by atoms with E-state index in [0.29, 0.717) is 29.3 Å². The summed E-state index contributed by atoms with van der Waals surface area (Å²) < 4.78 is 0. The molecule has 0 bridgehead atoms. The van der Waals surface area contributed by atoms with Crippen molar-refractivity contribution in [1.29, 1.82) is 0 Å². The Labute approximate surface area is 178 Å². The monoisotopic (exact) mass is 414 g/mol. The van der Waals surface area contributed by atoms with Gasteiger partial charge in [0, 0.05) is 54.2 Å². The van der Waals surface area contributed by atoms with Crippen molar-refractivity contribution in [3.05, 3.63) is 78.1 Å². The standard InChI is InChI=1S/C23H22N6O2/c1-14(30)28-16-5-7-17(8-6-16)29-22-11-21(19(13-27-22)23(24)31)26-12-15-3-2-4-20-18(15)9-10-25-20/h2-11,13,25H,12H2,1H3,(H2,24,31)(H,28,30)(H2,26,27,29). The van der Waals surface area contributed by atoms with Crippen molar-refractivity contribution in [2.75, 3.05) is 16.0 Å². The van der Waals surface area contributed by atoms with Gasteiger partial charge in [-0.2, -0.15) is 0 Å². The number of nitrogens with zero attached hydrogens (tertiary/aromatic N) is 1. The third-order valence-corrected chi connectivity index (χ3v) is 4.80. The molecule has 0 saturated heterocycles. The summed E-state index contributed by atoms with van der Waals surface area (Å²) in [4.78, 5) is 30.5. The van der Waals surface area contributed by atoms with Crippen LogP contribution in [0, 0.1) is 0 Å². The molecule has 0 atom stereocenters. The van der Waals surface area contributed by atoms with E-state index in [9.17, 15) is 9.59 Å². The molecule has 4 rings (SSSR count). The zero-order valence-corrected chi connectivity index (χ0v) is 16.9. The van der Waals surface area contributed by atoms with Gasteiger partial charge in [0.05, 0.1) is 11.3 Å². The fourth-order valence-corrected chi connectivity index (χ4v) is 3.35. The number of nitrogens with one attached hydrogen (secondary N) is 4. The summed E-state index contributed by atoms with van der Waals surface area (Å²) in [6.45, 7) is 1.98. The van der Waals surface area contributed by atoms with Gasteiger partial charge in [-0.15, -0.1) is 0 Å². The normalized spacial score (nSPS) is 10.6. The maximum atomic E-state index is 11.9. The molecule has 4 aromatic rings. The van der Waals surface area contributed by atoms with E-state index in [1.807, 2.05) is 42.6 Å². The van der Waals surface area contributed by atoms with E-state index in [4.69, 9.17) is 5.73 Å². The molecule has 0 unspecified atom stereocenters. The first kappa shape index (κ1) is 20.0. The summed E-state index contributed by atoms with van der Waals surface area (Å²) in [5.74, 6) is -0.129.